The lowest BCUT2D eigenvalue weighted by molar-refractivity contribution is 0.458. The molecule has 0 saturated heterocycles. The van der Waals surface area contributed by atoms with E-state index in [4.69, 9.17) is 23.2 Å². The first-order valence-electron chi connectivity index (χ1n) is 5.60. The normalized spacial score (nSPS) is 14.4. The van der Waals surface area contributed by atoms with Crippen LogP contribution >= 0.6 is 23.2 Å². The highest BCUT2D eigenvalue weighted by Crippen LogP contribution is 2.31. The number of nitrogens with one attached hydrogen (secondary N) is 1. The molecule has 0 aromatic heterocycles. The maximum Gasteiger partial charge on any atom is 0.138 e. The van der Waals surface area contributed by atoms with Crippen LogP contribution in [0.3, 0.4) is 0 Å². The molecule has 0 spiro atoms. The SMILES string of the molecule is CC(CCS(C)=O)NCc1cc(Cl)cc(Cl)c1O. The predicted molar refractivity (Wildman–Crippen MR) is 78.0 cm³/mol. The Balaban J connectivity index is 2.55. The van der Waals surface area contributed by atoms with Gasteiger partial charge in [-0.2, -0.15) is 0 Å². The molecule has 1 rings (SSSR count). The van der Waals surface area contributed by atoms with Gasteiger partial charge in [-0.15, -0.1) is 0 Å². The molecule has 0 aliphatic carbocycles. The fourth-order valence-corrected chi connectivity index (χ4v) is 2.70. The second kappa shape index (κ2) is 7.34. The molecule has 0 saturated carbocycles. The van der Waals surface area contributed by atoms with Crippen molar-refractivity contribution in [1.29, 1.82) is 0 Å². The van der Waals surface area contributed by atoms with Gasteiger partial charge in [0.05, 0.1) is 5.02 Å². The molecular formula is C12H17Cl2NO2S. The second-order valence-electron chi connectivity index (χ2n) is 4.24. The fraction of sp³-hybridized carbons (Fsp3) is 0.500. The molecule has 0 aliphatic heterocycles. The summed E-state index contributed by atoms with van der Waals surface area (Å²) in [6, 6.07) is 3.40. The minimum Gasteiger partial charge on any atom is -0.506 e. The molecule has 0 amide bonds. The van der Waals surface area contributed by atoms with Crippen LogP contribution in [0.4, 0.5) is 0 Å². The Morgan fingerprint density at radius 1 is 1.44 bits per heavy atom. The van der Waals surface area contributed by atoms with Crippen LogP contribution in [-0.4, -0.2) is 27.4 Å². The third kappa shape index (κ3) is 5.14. The zero-order valence-electron chi connectivity index (χ0n) is 10.4. The van der Waals surface area contributed by atoms with Crippen LogP contribution in [-0.2, 0) is 17.3 Å². The molecule has 0 radical (unpaired) electrons. The van der Waals surface area contributed by atoms with Gasteiger partial charge in [0.2, 0.25) is 0 Å². The lowest BCUT2D eigenvalue weighted by atomic mass is 10.1. The molecule has 0 heterocycles. The smallest absolute Gasteiger partial charge is 0.138 e. The first-order valence-corrected chi connectivity index (χ1v) is 8.08. The average Bonchev–Trinajstić information content (AvgIpc) is 2.29. The quantitative estimate of drug-likeness (QED) is 0.849. The summed E-state index contributed by atoms with van der Waals surface area (Å²) >= 11 is 11.7. The molecular weight excluding hydrogens is 293 g/mol. The first kappa shape index (κ1) is 15.8. The summed E-state index contributed by atoms with van der Waals surface area (Å²) in [6.07, 6.45) is 2.51. The highest BCUT2D eigenvalue weighted by molar-refractivity contribution is 7.84. The molecule has 2 N–H and O–H groups in total. The summed E-state index contributed by atoms with van der Waals surface area (Å²) in [7, 11) is -0.778. The van der Waals surface area contributed by atoms with Crippen molar-refractivity contribution in [2.45, 2.75) is 25.9 Å². The minimum absolute atomic E-state index is 0.0554. The first-order chi connectivity index (χ1) is 8.40. The second-order valence-corrected chi connectivity index (χ2v) is 6.64. The lowest BCUT2D eigenvalue weighted by Crippen LogP contribution is -2.27. The molecule has 1 aromatic rings. The third-order valence-corrected chi connectivity index (χ3v) is 3.90. The van der Waals surface area contributed by atoms with E-state index in [0.717, 1.165) is 6.42 Å². The molecule has 1 aromatic carbocycles. The van der Waals surface area contributed by atoms with E-state index in [1.54, 1.807) is 12.3 Å². The van der Waals surface area contributed by atoms with E-state index < -0.39 is 10.8 Å². The topological polar surface area (TPSA) is 49.3 Å². The van der Waals surface area contributed by atoms with Crippen LogP contribution in [0, 0.1) is 0 Å². The van der Waals surface area contributed by atoms with Crippen LogP contribution in [0.15, 0.2) is 12.1 Å². The molecule has 6 heteroatoms. The van der Waals surface area contributed by atoms with Crippen molar-refractivity contribution in [2.24, 2.45) is 0 Å². The van der Waals surface area contributed by atoms with Crippen molar-refractivity contribution in [1.82, 2.24) is 5.32 Å². The van der Waals surface area contributed by atoms with Crippen molar-refractivity contribution in [2.75, 3.05) is 12.0 Å². The van der Waals surface area contributed by atoms with Crippen molar-refractivity contribution < 1.29 is 9.32 Å². The molecule has 2 atom stereocenters. The predicted octanol–water partition coefficient (Wildman–Crippen LogP) is 2.95. The molecule has 102 valence electrons. The standard InChI is InChI=1S/C12H17Cl2NO2S/c1-8(3-4-18(2)17)15-7-9-5-10(13)6-11(14)12(9)16/h5-6,8,15-16H,3-4,7H2,1-2H3. The number of hydrogen-bond donors (Lipinski definition) is 2. The van der Waals surface area contributed by atoms with E-state index in [-0.39, 0.29) is 16.8 Å². The van der Waals surface area contributed by atoms with Gasteiger partial charge < -0.3 is 10.4 Å². The van der Waals surface area contributed by atoms with Crippen molar-refractivity contribution in [3.63, 3.8) is 0 Å². The average molecular weight is 310 g/mol. The molecule has 3 nitrogen and oxygen atoms in total. The Morgan fingerprint density at radius 3 is 2.72 bits per heavy atom. The van der Waals surface area contributed by atoms with E-state index in [1.807, 2.05) is 6.92 Å². The van der Waals surface area contributed by atoms with E-state index >= 15 is 0 Å². The van der Waals surface area contributed by atoms with Crippen LogP contribution in [0.25, 0.3) is 0 Å². The summed E-state index contributed by atoms with van der Waals surface area (Å²) in [6.45, 7) is 2.49. The summed E-state index contributed by atoms with van der Waals surface area (Å²) < 4.78 is 11.0. The number of halogens is 2. The maximum absolute atomic E-state index is 11.0. The number of phenolic OH excluding ortho intramolecular Hbond substituents is 1. The van der Waals surface area contributed by atoms with Crippen molar-refractivity contribution >= 4 is 34.0 Å². The van der Waals surface area contributed by atoms with Gasteiger partial charge >= 0.3 is 0 Å². The Labute approximate surface area is 120 Å². The zero-order chi connectivity index (χ0) is 13.7. The summed E-state index contributed by atoms with van der Waals surface area (Å²) in [4.78, 5) is 0. The van der Waals surface area contributed by atoms with Crippen LogP contribution < -0.4 is 5.32 Å². The number of benzene rings is 1. The van der Waals surface area contributed by atoms with Crippen LogP contribution in [0.2, 0.25) is 10.0 Å². The monoisotopic (exact) mass is 309 g/mol. The molecule has 18 heavy (non-hydrogen) atoms. The van der Waals surface area contributed by atoms with Gasteiger partial charge in [0.1, 0.15) is 5.75 Å². The number of hydrogen-bond acceptors (Lipinski definition) is 3. The Kier molecular flexibility index (Phi) is 6.43. The van der Waals surface area contributed by atoms with Gasteiger partial charge in [0.15, 0.2) is 0 Å². The largest absolute Gasteiger partial charge is 0.506 e. The van der Waals surface area contributed by atoms with Gasteiger partial charge in [0.25, 0.3) is 0 Å². The van der Waals surface area contributed by atoms with Gasteiger partial charge in [-0.25, -0.2) is 0 Å². The van der Waals surface area contributed by atoms with E-state index in [0.29, 0.717) is 22.9 Å². The van der Waals surface area contributed by atoms with Gasteiger partial charge in [-0.3, -0.25) is 4.21 Å². The summed E-state index contributed by atoms with van der Waals surface area (Å²) in [5.41, 5.74) is 0.664. The third-order valence-electron chi connectivity index (χ3n) is 2.59. The zero-order valence-corrected chi connectivity index (χ0v) is 12.7. The van der Waals surface area contributed by atoms with E-state index in [1.165, 1.54) is 6.07 Å². The van der Waals surface area contributed by atoms with Gasteiger partial charge in [-0.1, -0.05) is 23.2 Å². The number of aromatic hydroxyl groups is 1. The highest BCUT2D eigenvalue weighted by atomic mass is 35.5. The number of phenols is 1. The molecule has 0 fully saturated rings. The fourth-order valence-electron chi connectivity index (χ4n) is 1.48. The van der Waals surface area contributed by atoms with Crippen molar-refractivity contribution in [3.8, 4) is 5.75 Å². The molecule has 0 aliphatic rings. The molecule has 2 unspecified atom stereocenters. The lowest BCUT2D eigenvalue weighted by Gasteiger charge is -2.14. The van der Waals surface area contributed by atoms with E-state index in [2.05, 4.69) is 5.32 Å². The van der Waals surface area contributed by atoms with Crippen LogP contribution in [0.1, 0.15) is 18.9 Å². The van der Waals surface area contributed by atoms with Gasteiger partial charge in [0, 0.05) is 46.0 Å². The summed E-state index contributed by atoms with van der Waals surface area (Å²) in [5, 5.41) is 13.8. The Hall–Kier alpha value is -0.290. The van der Waals surface area contributed by atoms with Crippen molar-refractivity contribution in [3.05, 3.63) is 27.7 Å². The van der Waals surface area contributed by atoms with Crippen LogP contribution in [0.5, 0.6) is 5.75 Å². The highest BCUT2D eigenvalue weighted by Gasteiger charge is 2.09. The Bertz CT molecular complexity index is 440. The molecule has 0 bridgehead atoms. The number of rotatable bonds is 6. The maximum atomic E-state index is 11.0. The minimum atomic E-state index is -0.778. The van der Waals surface area contributed by atoms with Gasteiger partial charge in [-0.05, 0) is 25.5 Å². The summed E-state index contributed by atoms with van der Waals surface area (Å²) in [5.74, 6) is 0.719. The Morgan fingerprint density at radius 2 is 2.11 bits per heavy atom. The van der Waals surface area contributed by atoms with E-state index in [9.17, 15) is 9.32 Å².